The Kier molecular flexibility index (Phi) is 4.24. The van der Waals surface area contributed by atoms with Crippen molar-refractivity contribution in [1.29, 1.82) is 0 Å². The molecule has 0 bridgehead atoms. The molecule has 0 radical (unpaired) electrons. The minimum atomic E-state index is -0.668. The summed E-state index contributed by atoms with van der Waals surface area (Å²) in [6, 6.07) is -0.282. The minimum Gasteiger partial charge on any atom is -0.346 e. The first-order chi connectivity index (χ1) is 8.32. The van der Waals surface area contributed by atoms with Crippen LogP contribution >= 0.6 is 0 Å². The number of amides is 2. The number of hydrogen-bond acceptors (Lipinski definition) is 4. The zero-order valence-corrected chi connectivity index (χ0v) is 10.7. The molecule has 0 unspecified atom stereocenters. The van der Waals surface area contributed by atoms with Gasteiger partial charge in [-0.05, 0) is 32.6 Å². The van der Waals surface area contributed by atoms with Gasteiger partial charge in [-0.25, -0.2) is 0 Å². The van der Waals surface area contributed by atoms with Crippen LogP contribution in [0.15, 0.2) is 4.63 Å². The molecule has 0 atom stereocenters. The van der Waals surface area contributed by atoms with Crippen LogP contribution in [-0.2, 0) is 0 Å². The Morgan fingerprint density at radius 2 is 1.61 bits per heavy atom. The topological polar surface area (TPSA) is 110 Å². The summed E-state index contributed by atoms with van der Waals surface area (Å²) >= 11 is 0. The van der Waals surface area contributed by atoms with E-state index in [1.165, 1.54) is 0 Å². The van der Waals surface area contributed by atoms with Gasteiger partial charge in [-0.3, -0.25) is 9.59 Å². The Balaban J connectivity index is 3.05. The van der Waals surface area contributed by atoms with Crippen LogP contribution in [-0.4, -0.2) is 29.1 Å². The lowest BCUT2D eigenvalue weighted by Crippen LogP contribution is -2.38. The lowest BCUT2D eigenvalue weighted by atomic mass is 10.2. The summed E-state index contributed by atoms with van der Waals surface area (Å²) in [5, 5.41) is 7.21. The van der Waals surface area contributed by atoms with E-state index in [0.29, 0.717) is 0 Å². The number of nitrogens with zero attached hydrogens (tertiary/aromatic N) is 1. The van der Waals surface area contributed by atoms with Gasteiger partial charge < -0.3 is 10.6 Å². The van der Waals surface area contributed by atoms with Gasteiger partial charge in [-0.15, -0.1) is 0 Å². The molecule has 3 N–H and O–H groups in total. The second kappa shape index (κ2) is 5.48. The van der Waals surface area contributed by atoms with E-state index in [2.05, 4.69) is 20.4 Å². The maximum absolute atomic E-state index is 11.8. The first-order valence-electron chi connectivity index (χ1n) is 5.59. The zero-order valence-electron chi connectivity index (χ0n) is 10.7. The number of carbonyl (C=O) groups is 2. The molecule has 0 aromatic carbocycles. The number of hydrogen-bond donors (Lipinski definition) is 3. The highest BCUT2D eigenvalue weighted by Crippen LogP contribution is 2.01. The molecule has 0 aliphatic heterocycles. The second-order valence-corrected chi connectivity index (χ2v) is 4.43. The molecular weight excluding hydrogens is 240 g/mol. The van der Waals surface area contributed by atoms with Crippen molar-refractivity contribution in [1.82, 2.24) is 15.8 Å². The van der Waals surface area contributed by atoms with Crippen LogP contribution in [0.2, 0.25) is 0 Å². The van der Waals surface area contributed by atoms with Gasteiger partial charge in [0.1, 0.15) is 0 Å². The highest BCUT2D eigenvalue weighted by molar-refractivity contribution is 6.03. The second-order valence-electron chi connectivity index (χ2n) is 4.43. The van der Waals surface area contributed by atoms with E-state index in [1.54, 1.807) is 27.7 Å². The highest BCUT2D eigenvalue weighted by Gasteiger charge is 2.33. The standard InChI is InChI=1S/C10H16N4O4/c1-5(2)11-9(15)7-8(14(17)18-13-7)10(16)12-6(3)4/h5-6H,1-4H3,(H2-,11,12,13,15,16,17)/p+1. The molecule has 1 aromatic rings. The number of H-pyrrole nitrogens is 1. The molecule has 0 fully saturated rings. The summed E-state index contributed by atoms with van der Waals surface area (Å²) in [7, 11) is 0. The lowest BCUT2D eigenvalue weighted by molar-refractivity contribution is -0.714. The number of rotatable bonds is 4. The molecule has 0 aliphatic carbocycles. The van der Waals surface area contributed by atoms with Gasteiger partial charge in [0.25, 0.3) is 11.6 Å². The lowest BCUT2D eigenvalue weighted by Gasteiger charge is -2.06. The van der Waals surface area contributed by atoms with Crippen molar-refractivity contribution in [2.45, 2.75) is 39.8 Å². The molecule has 0 saturated carbocycles. The Morgan fingerprint density at radius 3 is 2.11 bits per heavy atom. The van der Waals surface area contributed by atoms with E-state index in [4.69, 9.17) is 0 Å². The Morgan fingerprint density at radius 1 is 1.11 bits per heavy atom. The van der Waals surface area contributed by atoms with Gasteiger partial charge in [0.15, 0.2) is 4.60 Å². The normalized spacial score (nSPS) is 10.8. The first kappa shape index (κ1) is 13.9. The van der Waals surface area contributed by atoms with Crippen molar-refractivity contribution in [2.75, 3.05) is 0 Å². The summed E-state index contributed by atoms with van der Waals surface area (Å²) in [5.41, 5.74) is -0.585. The molecule has 1 heterocycles. The third kappa shape index (κ3) is 3.19. The number of aromatic nitrogens is 2. The van der Waals surface area contributed by atoms with Gasteiger partial charge in [0, 0.05) is 12.1 Å². The predicted octanol–water partition coefficient (Wildman–Crippen LogP) is -0.201. The maximum Gasteiger partial charge on any atom is 0.342 e. The Hall–Kier alpha value is -2.12. The monoisotopic (exact) mass is 257 g/mol. The largest absolute Gasteiger partial charge is 0.346 e. The zero-order chi connectivity index (χ0) is 13.9. The third-order valence-electron chi connectivity index (χ3n) is 1.93. The van der Waals surface area contributed by atoms with Crippen LogP contribution in [0.5, 0.6) is 0 Å². The average molecular weight is 257 g/mol. The summed E-state index contributed by atoms with van der Waals surface area (Å²) in [6.45, 7) is 7.00. The molecule has 1 rings (SSSR count). The molecule has 0 saturated heterocycles. The fourth-order valence-electron chi connectivity index (χ4n) is 1.29. The quantitative estimate of drug-likeness (QED) is 0.693. The molecule has 100 valence electrons. The van der Waals surface area contributed by atoms with Crippen LogP contribution in [0.25, 0.3) is 0 Å². The number of aromatic amines is 1. The van der Waals surface area contributed by atoms with Crippen LogP contribution in [0, 0.1) is 4.91 Å². The molecule has 0 aliphatic rings. The number of carbonyl (C=O) groups excluding carboxylic acids is 2. The van der Waals surface area contributed by atoms with Crippen molar-refractivity contribution in [3.05, 3.63) is 16.3 Å². The van der Waals surface area contributed by atoms with Crippen LogP contribution in [0.3, 0.4) is 0 Å². The molecule has 0 spiro atoms. The van der Waals surface area contributed by atoms with Gasteiger partial charge in [-0.2, -0.15) is 0 Å². The first-order valence-corrected chi connectivity index (χ1v) is 5.59. The maximum atomic E-state index is 11.8. The molecule has 1 aromatic heterocycles. The molecule has 18 heavy (non-hydrogen) atoms. The van der Waals surface area contributed by atoms with E-state index < -0.39 is 11.8 Å². The highest BCUT2D eigenvalue weighted by atomic mass is 16.7. The van der Waals surface area contributed by atoms with Crippen molar-refractivity contribution < 1.29 is 18.8 Å². The van der Waals surface area contributed by atoms with E-state index in [0.717, 1.165) is 0 Å². The third-order valence-corrected chi connectivity index (χ3v) is 1.93. The van der Waals surface area contributed by atoms with Crippen LogP contribution in [0.1, 0.15) is 48.7 Å². The Bertz CT molecular complexity index is 500. The summed E-state index contributed by atoms with van der Waals surface area (Å²) < 4.78 is 4.39. The summed E-state index contributed by atoms with van der Waals surface area (Å²) in [5.74, 6) is -1.24. The van der Waals surface area contributed by atoms with Crippen molar-refractivity contribution in [3.8, 4) is 0 Å². The fourth-order valence-corrected chi connectivity index (χ4v) is 1.29. The fraction of sp³-hybridized carbons (Fsp3) is 0.600. The smallest absolute Gasteiger partial charge is 0.342 e. The molecular formula is C10H17N4O4+. The van der Waals surface area contributed by atoms with E-state index in [1.807, 2.05) is 0 Å². The SMILES string of the molecule is CC(C)NC(=O)c1[nH]o[n+](=O)c1C(=O)NC(C)C. The number of nitrogens with one attached hydrogen (secondary N) is 3. The van der Waals surface area contributed by atoms with E-state index in [-0.39, 0.29) is 28.1 Å². The van der Waals surface area contributed by atoms with Crippen molar-refractivity contribution in [3.63, 3.8) is 0 Å². The average Bonchev–Trinajstić information content (AvgIpc) is 2.57. The van der Waals surface area contributed by atoms with Crippen LogP contribution in [0.4, 0.5) is 0 Å². The molecule has 8 nitrogen and oxygen atoms in total. The summed E-state index contributed by atoms with van der Waals surface area (Å²) in [4.78, 5) is 34.8. The van der Waals surface area contributed by atoms with Gasteiger partial charge >= 0.3 is 11.6 Å². The molecule has 8 heteroatoms. The van der Waals surface area contributed by atoms with Crippen molar-refractivity contribution in [2.24, 2.45) is 0 Å². The van der Waals surface area contributed by atoms with E-state index in [9.17, 15) is 14.5 Å². The minimum absolute atomic E-state index is 0.0209. The van der Waals surface area contributed by atoms with Gasteiger partial charge in [-0.1, -0.05) is 9.79 Å². The van der Waals surface area contributed by atoms with Gasteiger partial charge in [0.05, 0.1) is 0 Å². The molecule has 2 amide bonds. The summed E-state index contributed by atoms with van der Waals surface area (Å²) in [6.07, 6.45) is 0. The van der Waals surface area contributed by atoms with Crippen LogP contribution < -0.4 is 15.2 Å². The predicted molar refractivity (Wildman–Crippen MR) is 61.6 cm³/mol. The Labute approximate surface area is 103 Å². The van der Waals surface area contributed by atoms with Crippen molar-refractivity contribution >= 4 is 11.8 Å². The van der Waals surface area contributed by atoms with Gasteiger partial charge in [0.2, 0.25) is 0 Å². The van der Waals surface area contributed by atoms with E-state index >= 15 is 0 Å².